The summed E-state index contributed by atoms with van der Waals surface area (Å²) in [6.07, 6.45) is 11.1. The Balaban J connectivity index is 0.00000150. The molecule has 2 bridgehead atoms. The summed E-state index contributed by atoms with van der Waals surface area (Å²) in [6.45, 7) is 4.14. The molecule has 3 heterocycles. The zero-order valence-corrected chi connectivity index (χ0v) is 19.0. The van der Waals surface area contributed by atoms with E-state index < -0.39 is 0 Å². The maximum Gasteiger partial charge on any atom is 0.220 e. The molecule has 0 saturated carbocycles. The second kappa shape index (κ2) is 12.1. The van der Waals surface area contributed by atoms with Gasteiger partial charge in [-0.1, -0.05) is 37.1 Å². The van der Waals surface area contributed by atoms with Gasteiger partial charge < -0.3 is 10.6 Å². The summed E-state index contributed by atoms with van der Waals surface area (Å²) in [7, 11) is 0. The van der Waals surface area contributed by atoms with Gasteiger partial charge in [-0.15, -0.1) is 24.8 Å². The molecule has 6 heteroatoms. The second-order valence-corrected chi connectivity index (χ2v) is 8.97. The molecule has 2 unspecified atom stereocenters. The monoisotopic (exact) mass is 441 g/mol. The number of hydrogen-bond donors (Lipinski definition) is 2. The lowest BCUT2D eigenvalue weighted by atomic mass is 9.89. The minimum Gasteiger partial charge on any atom is -0.352 e. The van der Waals surface area contributed by atoms with Crippen molar-refractivity contribution in [2.24, 2.45) is 5.92 Å². The molecular formula is C23H37Cl2N3O. The topological polar surface area (TPSA) is 44.4 Å². The van der Waals surface area contributed by atoms with Crippen molar-refractivity contribution in [3.05, 3.63) is 35.4 Å². The average molecular weight is 442 g/mol. The largest absolute Gasteiger partial charge is 0.352 e. The minimum atomic E-state index is 0. The van der Waals surface area contributed by atoms with E-state index in [1.165, 1.54) is 75.6 Å². The van der Waals surface area contributed by atoms with Crippen molar-refractivity contribution in [1.82, 2.24) is 15.5 Å². The Hall–Kier alpha value is -0.810. The smallest absolute Gasteiger partial charge is 0.220 e. The van der Waals surface area contributed by atoms with E-state index in [1.54, 1.807) is 0 Å². The molecule has 2 N–H and O–H groups in total. The predicted octanol–water partition coefficient (Wildman–Crippen LogP) is 4.44. The molecule has 1 aromatic rings. The number of carbonyl (C=O) groups excluding carboxylic acids is 1. The zero-order valence-electron chi connectivity index (χ0n) is 17.4. The van der Waals surface area contributed by atoms with Crippen LogP contribution < -0.4 is 10.6 Å². The van der Waals surface area contributed by atoms with Gasteiger partial charge in [0.2, 0.25) is 5.91 Å². The number of benzene rings is 1. The third kappa shape index (κ3) is 7.43. The molecule has 3 aliphatic rings. The molecular weight excluding hydrogens is 405 g/mol. The number of hydrogen-bond acceptors (Lipinski definition) is 3. The van der Waals surface area contributed by atoms with Crippen molar-refractivity contribution >= 4 is 30.7 Å². The number of fused-ring (bicyclic) bond motifs is 2. The van der Waals surface area contributed by atoms with Crippen molar-refractivity contribution in [2.75, 3.05) is 13.1 Å². The summed E-state index contributed by atoms with van der Waals surface area (Å²) < 4.78 is 0. The normalized spacial score (nSPS) is 26.7. The number of nitrogens with one attached hydrogen (secondary N) is 2. The first-order valence-corrected chi connectivity index (χ1v) is 11.1. The lowest BCUT2D eigenvalue weighted by Gasteiger charge is -2.28. The molecule has 0 aromatic heterocycles. The molecule has 29 heavy (non-hydrogen) atoms. The van der Waals surface area contributed by atoms with Crippen LogP contribution in [-0.2, 0) is 17.9 Å². The van der Waals surface area contributed by atoms with Crippen LogP contribution in [0.15, 0.2) is 24.3 Å². The van der Waals surface area contributed by atoms with E-state index in [9.17, 15) is 4.79 Å². The highest BCUT2D eigenvalue weighted by molar-refractivity contribution is 5.85. The summed E-state index contributed by atoms with van der Waals surface area (Å²) >= 11 is 0. The molecule has 0 aliphatic carbocycles. The molecule has 2 atom stereocenters. The molecule has 3 fully saturated rings. The number of piperidine rings is 1. The number of nitrogens with zero attached hydrogens (tertiary/aromatic N) is 1. The van der Waals surface area contributed by atoms with Gasteiger partial charge in [-0.05, 0) is 68.7 Å². The SMILES string of the molecule is Cl.Cl.O=C(CC1CC2CCC(C1)N2)NCc1cccc(CN2CCCCCC2)c1. The Kier molecular flexibility index (Phi) is 10.2. The molecule has 4 nitrogen and oxygen atoms in total. The van der Waals surface area contributed by atoms with Crippen molar-refractivity contribution in [1.29, 1.82) is 0 Å². The molecule has 3 saturated heterocycles. The van der Waals surface area contributed by atoms with E-state index in [2.05, 4.69) is 39.8 Å². The number of likely N-dealkylation sites (tertiary alicyclic amines) is 1. The lowest BCUT2D eigenvalue weighted by Crippen LogP contribution is -2.39. The van der Waals surface area contributed by atoms with E-state index in [-0.39, 0.29) is 30.7 Å². The van der Waals surface area contributed by atoms with Crippen LogP contribution in [0.4, 0.5) is 0 Å². The van der Waals surface area contributed by atoms with Gasteiger partial charge in [0.15, 0.2) is 0 Å². The van der Waals surface area contributed by atoms with Crippen molar-refractivity contribution < 1.29 is 4.79 Å². The molecule has 164 valence electrons. The van der Waals surface area contributed by atoms with Gasteiger partial charge in [-0.3, -0.25) is 9.69 Å². The third-order valence-corrected chi connectivity index (χ3v) is 6.63. The Labute approximate surface area is 188 Å². The standard InChI is InChI=1S/C23H35N3O.2ClH/c27-23(15-20-13-21-8-9-22(14-20)25-21)24-16-18-6-5-7-19(12-18)17-26-10-3-1-2-4-11-26;;/h5-7,12,20-22,25H,1-4,8-11,13-17H2,(H,24,27);2*1H. The van der Waals surface area contributed by atoms with Gasteiger partial charge in [-0.2, -0.15) is 0 Å². The lowest BCUT2D eigenvalue weighted by molar-refractivity contribution is -0.122. The van der Waals surface area contributed by atoms with E-state index in [0.29, 0.717) is 31.0 Å². The van der Waals surface area contributed by atoms with Crippen LogP contribution in [0.25, 0.3) is 0 Å². The van der Waals surface area contributed by atoms with Crippen molar-refractivity contribution in [2.45, 2.75) is 83.0 Å². The van der Waals surface area contributed by atoms with Crippen LogP contribution in [0.5, 0.6) is 0 Å². The maximum absolute atomic E-state index is 12.4. The molecule has 1 aromatic carbocycles. The summed E-state index contributed by atoms with van der Waals surface area (Å²) in [5, 5.41) is 6.82. The number of rotatable bonds is 6. The number of amides is 1. The molecule has 0 radical (unpaired) electrons. The fourth-order valence-corrected chi connectivity index (χ4v) is 5.27. The van der Waals surface area contributed by atoms with Crippen molar-refractivity contribution in [3.63, 3.8) is 0 Å². The Morgan fingerprint density at radius 1 is 1.00 bits per heavy atom. The fourth-order valence-electron chi connectivity index (χ4n) is 5.27. The number of halogens is 2. The summed E-state index contributed by atoms with van der Waals surface area (Å²) in [5.41, 5.74) is 2.60. The van der Waals surface area contributed by atoms with Gasteiger partial charge in [0.1, 0.15) is 0 Å². The third-order valence-electron chi connectivity index (χ3n) is 6.63. The maximum atomic E-state index is 12.4. The van der Waals surface area contributed by atoms with Gasteiger partial charge in [0.05, 0.1) is 0 Å². The average Bonchev–Trinajstić information content (AvgIpc) is 2.85. The van der Waals surface area contributed by atoms with Gasteiger partial charge in [-0.25, -0.2) is 0 Å². The first-order valence-electron chi connectivity index (χ1n) is 11.1. The second-order valence-electron chi connectivity index (χ2n) is 8.97. The van der Waals surface area contributed by atoms with Crippen LogP contribution in [-0.4, -0.2) is 36.0 Å². The van der Waals surface area contributed by atoms with E-state index in [4.69, 9.17) is 0 Å². The van der Waals surface area contributed by atoms with Crippen LogP contribution >= 0.6 is 24.8 Å². The highest BCUT2D eigenvalue weighted by atomic mass is 35.5. The Bertz CT molecular complexity index is 622. The Morgan fingerprint density at radius 2 is 1.66 bits per heavy atom. The minimum absolute atomic E-state index is 0. The Morgan fingerprint density at radius 3 is 2.34 bits per heavy atom. The summed E-state index contributed by atoms with van der Waals surface area (Å²) in [4.78, 5) is 15.0. The highest BCUT2D eigenvalue weighted by Gasteiger charge is 2.34. The number of carbonyl (C=O) groups is 1. The van der Waals surface area contributed by atoms with Crippen LogP contribution in [0.1, 0.15) is 68.9 Å². The summed E-state index contributed by atoms with van der Waals surface area (Å²) in [6, 6.07) is 10.1. The van der Waals surface area contributed by atoms with Gasteiger partial charge in [0.25, 0.3) is 0 Å². The van der Waals surface area contributed by atoms with Gasteiger partial charge >= 0.3 is 0 Å². The van der Waals surface area contributed by atoms with E-state index >= 15 is 0 Å². The van der Waals surface area contributed by atoms with Crippen molar-refractivity contribution in [3.8, 4) is 0 Å². The zero-order chi connectivity index (χ0) is 18.5. The van der Waals surface area contributed by atoms with E-state index in [1.807, 2.05) is 0 Å². The predicted molar refractivity (Wildman–Crippen MR) is 124 cm³/mol. The van der Waals surface area contributed by atoms with Gasteiger partial charge in [0, 0.05) is 31.6 Å². The van der Waals surface area contributed by atoms with E-state index in [0.717, 1.165) is 6.54 Å². The molecule has 4 rings (SSSR count). The van der Waals surface area contributed by atoms with Crippen LogP contribution in [0, 0.1) is 5.92 Å². The summed E-state index contributed by atoms with van der Waals surface area (Å²) in [5.74, 6) is 0.789. The van der Waals surface area contributed by atoms with Crippen LogP contribution in [0.2, 0.25) is 0 Å². The first kappa shape index (κ1) is 24.5. The van der Waals surface area contributed by atoms with Crippen LogP contribution in [0.3, 0.4) is 0 Å². The quantitative estimate of drug-likeness (QED) is 0.685. The first-order chi connectivity index (χ1) is 13.2. The highest BCUT2D eigenvalue weighted by Crippen LogP contribution is 2.32. The molecule has 1 amide bonds. The molecule has 0 spiro atoms. The fraction of sp³-hybridized carbons (Fsp3) is 0.696. The molecule has 3 aliphatic heterocycles.